The SMILES string of the molecule is OC1CCCCC1NCc1c[nH]c2ncccc12. The van der Waals surface area contributed by atoms with Crippen LogP contribution >= 0.6 is 0 Å². The van der Waals surface area contributed by atoms with Crippen LogP contribution in [0.4, 0.5) is 0 Å². The number of aliphatic hydroxyl groups is 1. The van der Waals surface area contributed by atoms with E-state index in [9.17, 15) is 5.11 Å². The van der Waals surface area contributed by atoms with E-state index in [0.717, 1.165) is 36.8 Å². The number of aromatic nitrogens is 2. The minimum absolute atomic E-state index is 0.193. The smallest absolute Gasteiger partial charge is 0.137 e. The van der Waals surface area contributed by atoms with Crippen molar-refractivity contribution < 1.29 is 5.11 Å². The molecule has 3 N–H and O–H groups in total. The van der Waals surface area contributed by atoms with Gasteiger partial charge in [-0.25, -0.2) is 4.98 Å². The molecule has 96 valence electrons. The van der Waals surface area contributed by atoms with Crippen LogP contribution < -0.4 is 5.32 Å². The largest absolute Gasteiger partial charge is 0.392 e. The molecule has 0 saturated heterocycles. The Morgan fingerprint density at radius 2 is 2.28 bits per heavy atom. The van der Waals surface area contributed by atoms with Crippen molar-refractivity contribution in [2.45, 2.75) is 44.4 Å². The van der Waals surface area contributed by atoms with Crippen LogP contribution in [0.25, 0.3) is 11.0 Å². The molecule has 4 heteroatoms. The van der Waals surface area contributed by atoms with E-state index in [4.69, 9.17) is 0 Å². The average Bonchev–Trinajstić information content (AvgIpc) is 2.81. The Labute approximate surface area is 106 Å². The third-order valence-corrected chi connectivity index (χ3v) is 3.82. The number of rotatable bonds is 3. The second kappa shape index (κ2) is 5.08. The maximum atomic E-state index is 9.93. The van der Waals surface area contributed by atoms with Crippen molar-refractivity contribution >= 4 is 11.0 Å². The quantitative estimate of drug-likeness (QED) is 0.774. The Hall–Kier alpha value is -1.39. The van der Waals surface area contributed by atoms with Crippen molar-refractivity contribution in [3.63, 3.8) is 0 Å². The van der Waals surface area contributed by atoms with Gasteiger partial charge in [0.2, 0.25) is 0 Å². The molecule has 0 amide bonds. The van der Waals surface area contributed by atoms with Gasteiger partial charge in [0.15, 0.2) is 0 Å². The first-order chi connectivity index (χ1) is 8.84. The number of hydrogen-bond donors (Lipinski definition) is 3. The zero-order chi connectivity index (χ0) is 12.4. The Kier molecular flexibility index (Phi) is 3.30. The summed E-state index contributed by atoms with van der Waals surface area (Å²) >= 11 is 0. The van der Waals surface area contributed by atoms with Crippen LogP contribution in [0.5, 0.6) is 0 Å². The average molecular weight is 245 g/mol. The van der Waals surface area contributed by atoms with E-state index in [1.165, 1.54) is 12.0 Å². The molecule has 2 aromatic heterocycles. The number of hydrogen-bond acceptors (Lipinski definition) is 3. The lowest BCUT2D eigenvalue weighted by atomic mass is 9.92. The standard InChI is InChI=1S/C14H19N3O/c18-13-6-2-1-5-12(13)16-8-10-9-17-14-11(10)4-3-7-15-14/h3-4,7,9,12-13,16,18H,1-2,5-6,8H2,(H,15,17). The molecule has 0 bridgehead atoms. The zero-order valence-corrected chi connectivity index (χ0v) is 10.4. The normalized spacial score (nSPS) is 24.5. The summed E-state index contributed by atoms with van der Waals surface area (Å²) in [5.74, 6) is 0. The van der Waals surface area contributed by atoms with E-state index in [1.807, 2.05) is 12.3 Å². The number of nitrogens with one attached hydrogen (secondary N) is 2. The summed E-state index contributed by atoms with van der Waals surface area (Å²) in [5, 5.41) is 14.6. The minimum atomic E-state index is -0.193. The predicted octanol–water partition coefficient (Wildman–Crippen LogP) is 1.96. The van der Waals surface area contributed by atoms with Crippen LogP contribution in [0.1, 0.15) is 31.2 Å². The summed E-state index contributed by atoms with van der Waals surface area (Å²) in [6.07, 6.45) is 7.96. The molecule has 0 aromatic carbocycles. The molecule has 1 fully saturated rings. The number of aromatic amines is 1. The third kappa shape index (κ3) is 2.26. The summed E-state index contributed by atoms with van der Waals surface area (Å²) in [5.41, 5.74) is 2.15. The van der Waals surface area contributed by atoms with Gasteiger partial charge in [-0.05, 0) is 30.5 Å². The highest BCUT2D eigenvalue weighted by Gasteiger charge is 2.22. The van der Waals surface area contributed by atoms with E-state index in [0.29, 0.717) is 0 Å². The molecule has 2 atom stereocenters. The van der Waals surface area contributed by atoms with Gasteiger partial charge in [-0.1, -0.05) is 12.8 Å². The van der Waals surface area contributed by atoms with Gasteiger partial charge >= 0.3 is 0 Å². The van der Waals surface area contributed by atoms with Gasteiger partial charge in [-0.2, -0.15) is 0 Å². The molecule has 0 radical (unpaired) electrons. The fourth-order valence-corrected chi connectivity index (χ4v) is 2.75. The highest BCUT2D eigenvalue weighted by Crippen LogP contribution is 2.20. The van der Waals surface area contributed by atoms with Crippen LogP contribution in [0.15, 0.2) is 24.5 Å². The molecule has 0 spiro atoms. The van der Waals surface area contributed by atoms with Crippen LogP contribution in [-0.2, 0) is 6.54 Å². The van der Waals surface area contributed by atoms with Crippen LogP contribution in [0, 0.1) is 0 Å². The molecule has 1 aliphatic carbocycles. The molecule has 4 nitrogen and oxygen atoms in total. The molecule has 0 aliphatic heterocycles. The number of H-pyrrole nitrogens is 1. The number of aliphatic hydroxyl groups excluding tert-OH is 1. The minimum Gasteiger partial charge on any atom is -0.392 e. The molecule has 3 rings (SSSR count). The highest BCUT2D eigenvalue weighted by molar-refractivity contribution is 5.79. The van der Waals surface area contributed by atoms with Crippen LogP contribution in [-0.4, -0.2) is 27.2 Å². The zero-order valence-electron chi connectivity index (χ0n) is 10.4. The van der Waals surface area contributed by atoms with Crippen LogP contribution in [0.3, 0.4) is 0 Å². The Morgan fingerprint density at radius 1 is 1.39 bits per heavy atom. The second-order valence-corrected chi connectivity index (χ2v) is 5.05. The summed E-state index contributed by atoms with van der Waals surface area (Å²) in [7, 11) is 0. The van der Waals surface area contributed by atoms with Crippen molar-refractivity contribution in [3.05, 3.63) is 30.1 Å². The monoisotopic (exact) mass is 245 g/mol. The lowest BCUT2D eigenvalue weighted by Crippen LogP contribution is -2.41. The van der Waals surface area contributed by atoms with E-state index < -0.39 is 0 Å². The molecule has 2 unspecified atom stereocenters. The first-order valence-corrected chi connectivity index (χ1v) is 6.67. The third-order valence-electron chi connectivity index (χ3n) is 3.82. The van der Waals surface area contributed by atoms with Gasteiger partial charge in [0.05, 0.1) is 6.10 Å². The van der Waals surface area contributed by atoms with Crippen molar-refractivity contribution in [3.8, 4) is 0 Å². The van der Waals surface area contributed by atoms with E-state index in [-0.39, 0.29) is 12.1 Å². The fourth-order valence-electron chi connectivity index (χ4n) is 2.75. The first kappa shape index (κ1) is 11.7. The molecule has 18 heavy (non-hydrogen) atoms. The van der Waals surface area contributed by atoms with Gasteiger partial charge in [0.25, 0.3) is 0 Å². The van der Waals surface area contributed by atoms with Crippen molar-refractivity contribution in [2.24, 2.45) is 0 Å². The summed E-state index contributed by atoms with van der Waals surface area (Å²) < 4.78 is 0. The van der Waals surface area contributed by atoms with Gasteiger partial charge < -0.3 is 15.4 Å². The lowest BCUT2D eigenvalue weighted by Gasteiger charge is -2.28. The van der Waals surface area contributed by atoms with E-state index >= 15 is 0 Å². The predicted molar refractivity (Wildman–Crippen MR) is 71.2 cm³/mol. The molecule has 1 saturated carbocycles. The van der Waals surface area contributed by atoms with Gasteiger partial charge in [-0.15, -0.1) is 0 Å². The Balaban J connectivity index is 1.69. The number of pyridine rings is 1. The molecule has 1 aliphatic rings. The summed E-state index contributed by atoms with van der Waals surface area (Å²) in [4.78, 5) is 7.45. The molecular weight excluding hydrogens is 226 g/mol. The summed E-state index contributed by atoms with van der Waals surface area (Å²) in [6.45, 7) is 0.785. The topological polar surface area (TPSA) is 60.9 Å². The number of nitrogens with zero attached hydrogens (tertiary/aromatic N) is 1. The highest BCUT2D eigenvalue weighted by atomic mass is 16.3. The summed E-state index contributed by atoms with van der Waals surface area (Å²) in [6, 6.07) is 4.27. The lowest BCUT2D eigenvalue weighted by molar-refractivity contribution is 0.0903. The van der Waals surface area contributed by atoms with Gasteiger partial charge in [0.1, 0.15) is 5.65 Å². The Morgan fingerprint density at radius 3 is 3.17 bits per heavy atom. The van der Waals surface area contributed by atoms with Crippen LogP contribution in [0.2, 0.25) is 0 Å². The van der Waals surface area contributed by atoms with E-state index in [1.54, 1.807) is 6.20 Å². The maximum absolute atomic E-state index is 9.93. The molecule has 2 aromatic rings. The Bertz CT molecular complexity index is 522. The number of fused-ring (bicyclic) bond motifs is 1. The maximum Gasteiger partial charge on any atom is 0.137 e. The fraction of sp³-hybridized carbons (Fsp3) is 0.500. The van der Waals surface area contributed by atoms with E-state index in [2.05, 4.69) is 21.4 Å². The van der Waals surface area contributed by atoms with Gasteiger partial charge in [0, 0.05) is 30.4 Å². The van der Waals surface area contributed by atoms with Crippen molar-refractivity contribution in [1.29, 1.82) is 0 Å². The van der Waals surface area contributed by atoms with Crippen molar-refractivity contribution in [1.82, 2.24) is 15.3 Å². The molecule has 2 heterocycles. The second-order valence-electron chi connectivity index (χ2n) is 5.05. The molecular formula is C14H19N3O. The van der Waals surface area contributed by atoms with Gasteiger partial charge in [-0.3, -0.25) is 0 Å². The first-order valence-electron chi connectivity index (χ1n) is 6.67. The van der Waals surface area contributed by atoms with Crippen molar-refractivity contribution in [2.75, 3.05) is 0 Å².